The molecule has 2 aromatic rings. The van der Waals surface area contributed by atoms with Crippen LogP contribution in [0.5, 0.6) is 0 Å². The Morgan fingerprint density at radius 3 is 2.88 bits per heavy atom. The normalized spacial score (nSPS) is 11.2. The number of rotatable bonds is 4. The molecule has 0 aromatic carbocycles. The van der Waals surface area contributed by atoms with Crippen LogP contribution in [0.15, 0.2) is 23.1 Å². The first-order chi connectivity index (χ1) is 7.65. The lowest BCUT2D eigenvalue weighted by molar-refractivity contribution is 0.458. The Bertz CT molecular complexity index is 458. The van der Waals surface area contributed by atoms with Crippen LogP contribution in [0.3, 0.4) is 0 Å². The summed E-state index contributed by atoms with van der Waals surface area (Å²) in [5, 5.41) is 3.25. The second kappa shape index (κ2) is 4.49. The van der Waals surface area contributed by atoms with Gasteiger partial charge in [0.1, 0.15) is 5.69 Å². The Labute approximate surface area is 94.5 Å². The van der Waals surface area contributed by atoms with Crippen molar-refractivity contribution in [3.8, 4) is 11.5 Å². The summed E-state index contributed by atoms with van der Waals surface area (Å²) in [5.74, 6) is 1.40. The molecule has 0 spiro atoms. The minimum Gasteiger partial charge on any atom is -0.438 e. The molecule has 0 aliphatic rings. The number of imidazole rings is 1. The molecule has 0 aliphatic carbocycles. The van der Waals surface area contributed by atoms with Crippen LogP contribution >= 0.6 is 0 Å². The van der Waals surface area contributed by atoms with Crippen LogP contribution in [0.2, 0.25) is 0 Å². The highest BCUT2D eigenvalue weighted by Crippen LogP contribution is 2.17. The van der Waals surface area contributed by atoms with Crippen LogP contribution in [0, 0.1) is 0 Å². The summed E-state index contributed by atoms with van der Waals surface area (Å²) in [6.07, 6.45) is 5.35. The van der Waals surface area contributed by atoms with Gasteiger partial charge in [0.25, 0.3) is 0 Å². The summed E-state index contributed by atoms with van der Waals surface area (Å²) < 4.78 is 7.46. The highest BCUT2D eigenvalue weighted by molar-refractivity contribution is 5.48. The van der Waals surface area contributed by atoms with Crippen molar-refractivity contribution in [2.45, 2.75) is 26.4 Å². The topological polar surface area (TPSA) is 55.9 Å². The van der Waals surface area contributed by atoms with Gasteiger partial charge in [-0.15, -0.1) is 0 Å². The first-order valence-corrected chi connectivity index (χ1v) is 5.31. The van der Waals surface area contributed by atoms with E-state index in [2.05, 4.69) is 29.1 Å². The van der Waals surface area contributed by atoms with Gasteiger partial charge in [0.15, 0.2) is 5.76 Å². The zero-order chi connectivity index (χ0) is 11.5. The van der Waals surface area contributed by atoms with Crippen LogP contribution < -0.4 is 5.32 Å². The molecule has 0 unspecified atom stereocenters. The molecule has 2 rings (SSSR count). The van der Waals surface area contributed by atoms with Gasteiger partial charge in [-0.1, -0.05) is 13.8 Å². The van der Waals surface area contributed by atoms with Gasteiger partial charge < -0.3 is 14.3 Å². The number of hydrogen-bond donors (Lipinski definition) is 1. The SMILES string of the molecule is CC(C)NCc1ncc(-c2cn(C)cn2)o1. The summed E-state index contributed by atoms with van der Waals surface area (Å²) in [6, 6.07) is 0.421. The molecular weight excluding hydrogens is 204 g/mol. The Kier molecular flexibility index (Phi) is 3.05. The van der Waals surface area contributed by atoms with E-state index in [9.17, 15) is 0 Å². The molecule has 1 N–H and O–H groups in total. The average molecular weight is 220 g/mol. The molecule has 2 heterocycles. The van der Waals surface area contributed by atoms with Gasteiger partial charge in [-0.2, -0.15) is 0 Å². The third-order valence-electron chi connectivity index (χ3n) is 2.17. The van der Waals surface area contributed by atoms with E-state index in [1.54, 1.807) is 12.5 Å². The molecule has 0 radical (unpaired) electrons. The molecule has 0 amide bonds. The van der Waals surface area contributed by atoms with Gasteiger partial charge >= 0.3 is 0 Å². The van der Waals surface area contributed by atoms with E-state index in [4.69, 9.17) is 4.42 Å². The summed E-state index contributed by atoms with van der Waals surface area (Å²) >= 11 is 0. The number of oxazole rings is 1. The van der Waals surface area contributed by atoms with Crippen molar-refractivity contribution < 1.29 is 4.42 Å². The quantitative estimate of drug-likeness (QED) is 0.849. The Balaban J connectivity index is 2.07. The maximum atomic E-state index is 5.58. The van der Waals surface area contributed by atoms with Crippen LogP contribution in [0.1, 0.15) is 19.7 Å². The molecule has 0 aliphatic heterocycles. The molecular formula is C11H16N4O. The maximum absolute atomic E-state index is 5.58. The first kappa shape index (κ1) is 10.9. The van der Waals surface area contributed by atoms with Gasteiger partial charge in [-0.3, -0.25) is 0 Å². The molecule has 2 aromatic heterocycles. The van der Waals surface area contributed by atoms with E-state index in [1.165, 1.54) is 0 Å². The average Bonchev–Trinajstić information content (AvgIpc) is 2.83. The molecule has 5 nitrogen and oxygen atoms in total. The minimum absolute atomic E-state index is 0.421. The molecule has 0 saturated carbocycles. The van der Waals surface area contributed by atoms with Gasteiger partial charge in [-0.05, 0) is 0 Å². The molecule has 0 atom stereocenters. The zero-order valence-electron chi connectivity index (χ0n) is 9.77. The molecule has 86 valence electrons. The van der Waals surface area contributed by atoms with Gasteiger partial charge in [0.2, 0.25) is 5.89 Å². The van der Waals surface area contributed by atoms with Crippen molar-refractivity contribution >= 4 is 0 Å². The number of aryl methyl sites for hydroxylation is 1. The predicted molar refractivity (Wildman–Crippen MR) is 60.7 cm³/mol. The highest BCUT2D eigenvalue weighted by Gasteiger charge is 2.08. The number of nitrogens with zero attached hydrogens (tertiary/aromatic N) is 3. The lowest BCUT2D eigenvalue weighted by Gasteiger charge is -2.03. The lowest BCUT2D eigenvalue weighted by Crippen LogP contribution is -2.21. The summed E-state index contributed by atoms with van der Waals surface area (Å²) in [7, 11) is 1.92. The van der Waals surface area contributed by atoms with Crippen LogP contribution in [0.25, 0.3) is 11.5 Å². The lowest BCUT2D eigenvalue weighted by atomic mass is 10.4. The smallest absolute Gasteiger partial charge is 0.208 e. The van der Waals surface area contributed by atoms with E-state index in [-0.39, 0.29) is 0 Å². The number of nitrogens with one attached hydrogen (secondary N) is 1. The van der Waals surface area contributed by atoms with E-state index in [0.29, 0.717) is 24.2 Å². The van der Waals surface area contributed by atoms with Crippen LogP contribution in [-0.4, -0.2) is 20.6 Å². The van der Waals surface area contributed by atoms with Gasteiger partial charge in [-0.25, -0.2) is 9.97 Å². The van der Waals surface area contributed by atoms with E-state index < -0.39 is 0 Å². The Morgan fingerprint density at radius 2 is 2.25 bits per heavy atom. The van der Waals surface area contributed by atoms with Crippen LogP contribution in [-0.2, 0) is 13.6 Å². The second-order valence-corrected chi connectivity index (χ2v) is 4.08. The van der Waals surface area contributed by atoms with Crippen molar-refractivity contribution in [3.05, 3.63) is 24.6 Å². The second-order valence-electron chi connectivity index (χ2n) is 4.08. The van der Waals surface area contributed by atoms with Gasteiger partial charge in [0, 0.05) is 19.3 Å². The predicted octanol–water partition coefficient (Wildman–Crippen LogP) is 1.57. The number of aromatic nitrogens is 3. The molecule has 0 bridgehead atoms. The van der Waals surface area contributed by atoms with Crippen molar-refractivity contribution in [2.75, 3.05) is 0 Å². The van der Waals surface area contributed by atoms with Gasteiger partial charge in [0.05, 0.1) is 19.1 Å². The largest absolute Gasteiger partial charge is 0.438 e. The van der Waals surface area contributed by atoms with Crippen molar-refractivity contribution in [1.29, 1.82) is 0 Å². The standard InChI is InChI=1S/C11H16N4O/c1-8(2)12-5-11-13-4-10(16-11)9-6-15(3)7-14-9/h4,6-8,12H,5H2,1-3H3. The van der Waals surface area contributed by atoms with Crippen molar-refractivity contribution in [2.24, 2.45) is 7.05 Å². The Hall–Kier alpha value is -1.62. The molecule has 16 heavy (non-hydrogen) atoms. The fourth-order valence-electron chi connectivity index (χ4n) is 1.34. The Morgan fingerprint density at radius 1 is 1.44 bits per heavy atom. The van der Waals surface area contributed by atoms with E-state index in [0.717, 1.165) is 5.69 Å². The minimum atomic E-state index is 0.421. The van der Waals surface area contributed by atoms with Crippen LogP contribution in [0.4, 0.5) is 0 Å². The number of hydrogen-bond acceptors (Lipinski definition) is 4. The summed E-state index contributed by atoms with van der Waals surface area (Å²) in [4.78, 5) is 8.40. The zero-order valence-corrected chi connectivity index (χ0v) is 9.77. The highest BCUT2D eigenvalue weighted by atomic mass is 16.4. The third kappa shape index (κ3) is 2.49. The summed E-state index contributed by atoms with van der Waals surface area (Å²) in [5.41, 5.74) is 0.811. The third-order valence-corrected chi connectivity index (χ3v) is 2.17. The fraction of sp³-hybridized carbons (Fsp3) is 0.455. The molecule has 0 fully saturated rings. The molecule has 0 saturated heterocycles. The monoisotopic (exact) mass is 220 g/mol. The van der Waals surface area contributed by atoms with E-state index in [1.807, 2.05) is 17.8 Å². The fourth-order valence-corrected chi connectivity index (χ4v) is 1.34. The summed E-state index contributed by atoms with van der Waals surface area (Å²) in [6.45, 7) is 4.82. The van der Waals surface area contributed by atoms with Crippen molar-refractivity contribution in [3.63, 3.8) is 0 Å². The van der Waals surface area contributed by atoms with E-state index >= 15 is 0 Å². The van der Waals surface area contributed by atoms with Crippen molar-refractivity contribution in [1.82, 2.24) is 19.9 Å². The first-order valence-electron chi connectivity index (χ1n) is 5.31. The molecule has 5 heteroatoms. The maximum Gasteiger partial charge on any atom is 0.208 e.